The van der Waals surface area contributed by atoms with Gasteiger partial charge in [0.05, 0.1) is 4.92 Å². The Bertz CT molecular complexity index is 563. The molecule has 0 amide bonds. The van der Waals surface area contributed by atoms with E-state index in [2.05, 4.69) is 10.1 Å². The Morgan fingerprint density at radius 3 is 3.00 bits per heavy atom. The molecule has 4 N–H and O–H groups in total. The van der Waals surface area contributed by atoms with Crippen LogP contribution < -0.4 is 10.6 Å². The molecule has 2 heterocycles. The number of pyridine rings is 1. The van der Waals surface area contributed by atoms with Crippen molar-refractivity contribution in [3.8, 4) is 0 Å². The van der Waals surface area contributed by atoms with Gasteiger partial charge in [-0.25, -0.2) is 4.98 Å². The molecule has 0 spiro atoms. The van der Waals surface area contributed by atoms with Crippen molar-refractivity contribution < 1.29 is 15.2 Å². The SMILES string of the molecule is N/C(=N/O)c1nc(N2CCCC(CO)C2)ccc1[N+](=O)[O-]. The number of nitrogens with zero attached hydrogens (tertiary/aromatic N) is 4. The van der Waals surface area contributed by atoms with Gasteiger partial charge < -0.3 is 20.9 Å². The molecular weight excluding hydrogens is 278 g/mol. The van der Waals surface area contributed by atoms with Crippen LogP contribution in [0, 0.1) is 16.0 Å². The number of amidine groups is 1. The lowest BCUT2D eigenvalue weighted by molar-refractivity contribution is -0.385. The highest BCUT2D eigenvalue weighted by Gasteiger charge is 2.24. The van der Waals surface area contributed by atoms with Gasteiger partial charge in [-0.2, -0.15) is 0 Å². The van der Waals surface area contributed by atoms with Crippen LogP contribution in [0.4, 0.5) is 11.5 Å². The van der Waals surface area contributed by atoms with Gasteiger partial charge in [0.1, 0.15) is 5.82 Å². The summed E-state index contributed by atoms with van der Waals surface area (Å²) in [7, 11) is 0. The van der Waals surface area contributed by atoms with Crippen molar-refractivity contribution >= 4 is 17.3 Å². The second-order valence-electron chi connectivity index (χ2n) is 4.92. The van der Waals surface area contributed by atoms with Gasteiger partial charge in [-0.1, -0.05) is 5.16 Å². The lowest BCUT2D eigenvalue weighted by atomic mass is 9.99. The summed E-state index contributed by atoms with van der Waals surface area (Å²) in [6, 6.07) is 2.82. The zero-order valence-electron chi connectivity index (χ0n) is 11.3. The molecular formula is C12H17N5O4. The molecule has 1 aliphatic heterocycles. The summed E-state index contributed by atoms with van der Waals surface area (Å²) >= 11 is 0. The van der Waals surface area contributed by atoms with E-state index in [-0.39, 0.29) is 23.9 Å². The molecule has 0 aromatic carbocycles. The molecule has 1 saturated heterocycles. The second-order valence-corrected chi connectivity index (χ2v) is 4.92. The van der Waals surface area contributed by atoms with Crippen LogP contribution in [0.15, 0.2) is 17.3 Å². The molecule has 0 saturated carbocycles. The first-order valence-corrected chi connectivity index (χ1v) is 6.56. The summed E-state index contributed by atoms with van der Waals surface area (Å²) in [6.07, 6.45) is 1.84. The van der Waals surface area contributed by atoms with Gasteiger partial charge in [-0.15, -0.1) is 0 Å². The number of aliphatic hydroxyl groups is 1. The first kappa shape index (κ1) is 15.0. The van der Waals surface area contributed by atoms with E-state index in [9.17, 15) is 15.2 Å². The molecule has 1 unspecified atom stereocenters. The third kappa shape index (κ3) is 3.19. The van der Waals surface area contributed by atoms with E-state index in [0.717, 1.165) is 19.4 Å². The number of hydrogen-bond acceptors (Lipinski definition) is 7. The highest BCUT2D eigenvalue weighted by atomic mass is 16.6. The number of rotatable bonds is 4. The highest BCUT2D eigenvalue weighted by molar-refractivity contribution is 5.99. The van der Waals surface area contributed by atoms with E-state index in [1.54, 1.807) is 0 Å². The Balaban J connectivity index is 2.35. The fraction of sp³-hybridized carbons (Fsp3) is 0.500. The van der Waals surface area contributed by atoms with E-state index in [1.165, 1.54) is 12.1 Å². The largest absolute Gasteiger partial charge is 0.409 e. The summed E-state index contributed by atoms with van der Waals surface area (Å²) in [5.41, 5.74) is 4.98. The van der Waals surface area contributed by atoms with Crippen molar-refractivity contribution in [2.24, 2.45) is 16.8 Å². The maximum atomic E-state index is 11.0. The average molecular weight is 295 g/mol. The molecule has 21 heavy (non-hydrogen) atoms. The molecule has 1 atom stereocenters. The first-order valence-electron chi connectivity index (χ1n) is 6.56. The molecule has 1 fully saturated rings. The van der Waals surface area contributed by atoms with Gasteiger partial charge in [0.15, 0.2) is 11.5 Å². The molecule has 1 aromatic rings. The van der Waals surface area contributed by atoms with Crippen LogP contribution in [-0.4, -0.2) is 45.8 Å². The van der Waals surface area contributed by atoms with Crippen LogP contribution in [0.5, 0.6) is 0 Å². The quantitative estimate of drug-likeness (QED) is 0.238. The van der Waals surface area contributed by atoms with Gasteiger partial charge in [-0.3, -0.25) is 10.1 Å². The number of piperidine rings is 1. The first-order chi connectivity index (χ1) is 10.1. The maximum Gasteiger partial charge on any atom is 0.298 e. The zero-order valence-corrected chi connectivity index (χ0v) is 11.3. The van der Waals surface area contributed by atoms with Crippen LogP contribution >= 0.6 is 0 Å². The minimum absolute atomic E-state index is 0.0938. The van der Waals surface area contributed by atoms with E-state index in [1.807, 2.05) is 4.90 Å². The normalized spacial score (nSPS) is 19.6. The Hall–Kier alpha value is -2.42. The van der Waals surface area contributed by atoms with Crippen molar-refractivity contribution in [1.29, 1.82) is 0 Å². The number of nitro groups is 1. The Kier molecular flexibility index (Phi) is 4.53. The van der Waals surface area contributed by atoms with Crippen molar-refractivity contribution in [3.05, 3.63) is 27.9 Å². The van der Waals surface area contributed by atoms with Gasteiger partial charge in [0, 0.05) is 25.8 Å². The summed E-state index contributed by atoms with van der Waals surface area (Å²) in [4.78, 5) is 16.4. The molecule has 114 valence electrons. The van der Waals surface area contributed by atoms with Crippen LogP contribution in [-0.2, 0) is 0 Å². The lowest BCUT2D eigenvalue weighted by Crippen LogP contribution is -2.37. The smallest absolute Gasteiger partial charge is 0.298 e. The van der Waals surface area contributed by atoms with Crippen molar-refractivity contribution in [2.75, 3.05) is 24.6 Å². The molecule has 2 rings (SSSR count). The van der Waals surface area contributed by atoms with Crippen LogP contribution in [0.1, 0.15) is 18.5 Å². The number of aliphatic hydroxyl groups excluding tert-OH is 1. The summed E-state index contributed by atoms with van der Waals surface area (Å²) in [6.45, 7) is 1.46. The molecule has 0 radical (unpaired) electrons. The number of oxime groups is 1. The standard InChI is InChI=1S/C12H17N5O4/c13-12(15-19)11-9(17(20)21)3-4-10(14-11)16-5-1-2-8(6-16)7-18/h3-4,8,18-19H,1-2,5-7H2,(H2,13,15). The Labute approximate surface area is 120 Å². The van der Waals surface area contributed by atoms with Gasteiger partial charge >= 0.3 is 0 Å². The molecule has 1 aliphatic rings. The van der Waals surface area contributed by atoms with E-state index < -0.39 is 10.8 Å². The van der Waals surface area contributed by atoms with E-state index in [4.69, 9.17) is 10.9 Å². The van der Waals surface area contributed by atoms with Gasteiger partial charge in [0.2, 0.25) is 0 Å². The van der Waals surface area contributed by atoms with Crippen LogP contribution in [0.3, 0.4) is 0 Å². The third-order valence-electron chi connectivity index (χ3n) is 3.51. The Morgan fingerprint density at radius 2 is 2.38 bits per heavy atom. The average Bonchev–Trinajstić information content (AvgIpc) is 2.53. The van der Waals surface area contributed by atoms with Crippen molar-refractivity contribution in [1.82, 2.24) is 4.98 Å². The Morgan fingerprint density at radius 1 is 1.62 bits per heavy atom. The summed E-state index contributed by atoms with van der Waals surface area (Å²) in [5, 5.41) is 31.7. The van der Waals surface area contributed by atoms with Crippen LogP contribution in [0.25, 0.3) is 0 Å². The molecule has 0 bridgehead atoms. The number of aromatic nitrogens is 1. The number of nitrogens with two attached hydrogens (primary N) is 1. The van der Waals surface area contributed by atoms with Crippen molar-refractivity contribution in [3.63, 3.8) is 0 Å². The fourth-order valence-electron chi connectivity index (χ4n) is 2.42. The monoisotopic (exact) mass is 295 g/mol. The van der Waals surface area contributed by atoms with E-state index in [0.29, 0.717) is 12.4 Å². The van der Waals surface area contributed by atoms with Crippen molar-refractivity contribution in [2.45, 2.75) is 12.8 Å². The van der Waals surface area contributed by atoms with Gasteiger partial charge in [0.25, 0.3) is 5.69 Å². The minimum atomic E-state index is -0.628. The zero-order chi connectivity index (χ0) is 15.4. The molecule has 0 aliphatic carbocycles. The fourth-order valence-corrected chi connectivity index (χ4v) is 2.42. The van der Waals surface area contributed by atoms with E-state index >= 15 is 0 Å². The predicted molar refractivity (Wildman–Crippen MR) is 75.4 cm³/mol. The number of anilines is 1. The minimum Gasteiger partial charge on any atom is -0.409 e. The summed E-state index contributed by atoms with van der Waals surface area (Å²) < 4.78 is 0. The second kappa shape index (κ2) is 6.35. The number of hydrogen-bond donors (Lipinski definition) is 3. The maximum absolute atomic E-state index is 11.0. The third-order valence-corrected chi connectivity index (χ3v) is 3.51. The lowest BCUT2D eigenvalue weighted by Gasteiger charge is -2.32. The summed E-state index contributed by atoms with van der Waals surface area (Å²) in [5.74, 6) is 0.266. The topological polar surface area (TPSA) is 138 Å². The molecule has 9 heteroatoms. The van der Waals surface area contributed by atoms with Gasteiger partial charge in [-0.05, 0) is 24.8 Å². The predicted octanol–water partition coefficient (Wildman–Crippen LogP) is 0.293. The molecule has 9 nitrogen and oxygen atoms in total. The molecule has 1 aromatic heterocycles. The van der Waals surface area contributed by atoms with Crippen LogP contribution in [0.2, 0.25) is 0 Å². The highest BCUT2D eigenvalue weighted by Crippen LogP contribution is 2.25.